The van der Waals surface area contributed by atoms with Gasteiger partial charge in [0, 0.05) is 12.0 Å². The van der Waals surface area contributed by atoms with Gasteiger partial charge < -0.3 is 5.32 Å². The maximum atomic E-state index is 10.8. The van der Waals surface area contributed by atoms with E-state index < -0.39 is 0 Å². The fourth-order valence-corrected chi connectivity index (χ4v) is 1.41. The third kappa shape index (κ3) is 1.30. The second-order valence-electron chi connectivity index (χ2n) is 2.75. The van der Waals surface area contributed by atoms with E-state index in [0.29, 0.717) is 11.8 Å². The van der Waals surface area contributed by atoms with Crippen LogP contribution in [-0.4, -0.2) is 18.4 Å². The van der Waals surface area contributed by atoms with Crippen LogP contribution in [0.15, 0.2) is 0 Å². The predicted molar refractivity (Wildman–Crippen MR) is 36.3 cm³/mol. The van der Waals surface area contributed by atoms with Crippen molar-refractivity contribution in [2.45, 2.75) is 26.3 Å². The summed E-state index contributed by atoms with van der Waals surface area (Å²) in [5.74, 6) is 0.609. The van der Waals surface area contributed by atoms with Crippen LogP contribution in [0, 0.1) is 5.92 Å². The average Bonchev–Trinajstić information content (AvgIpc) is 2.13. The molecular weight excluding hydrogens is 114 g/mol. The van der Waals surface area contributed by atoms with Crippen molar-refractivity contribution in [3.8, 4) is 0 Å². The van der Waals surface area contributed by atoms with Crippen LogP contribution in [0.3, 0.4) is 0 Å². The van der Waals surface area contributed by atoms with Crippen LogP contribution in [-0.2, 0) is 4.79 Å². The highest BCUT2D eigenvalue weighted by Gasteiger charge is 2.25. The highest BCUT2D eigenvalue weighted by Crippen LogP contribution is 2.15. The Morgan fingerprint density at radius 2 is 2.33 bits per heavy atom. The Kier molecular flexibility index (Phi) is 1.86. The molecular formula is C7H13NO. The van der Waals surface area contributed by atoms with Crippen molar-refractivity contribution in [3.63, 3.8) is 0 Å². The lowest BCUT2D eigenvalue weighted by atomic mass is 9.98. The molecule has 0 aliphatic carbocycles. The van der Waals surface area contributed by atoms with Gasteiger partial charge in [-0.25, -0.2) is 0 Å². The zero-order valence-corrected chi connectivity index (χ0v) is 5.98. The van der Waals surface area contributed by atoms with Crippen molar-refractivity contribution in [2.24, 2.45) is 5.92 Å². The van der Waals surface area contributed by atoms with E-state index in [1.54, 1.807) is 6.92 Å². The van der Waals surface area contributed by atoms with Gasteiger partial charge in [-0.1, -0.05) is 0 Å². The molecule has 0 saturated carbocycles. The lowest BCUT2D eigenvalue weighted by Gasteiger charge is -2.09. The van der Waals surface area contributed by atoms with E-state index in [1.165, 1.54) is 0 Å². The summed E-state index contributed by atoms with van der Waals surface area (Å²) in [7, 11) is 0. The molecule has 0 aromatic heterocycles. The van der Waals surface area contributed by atoms with Crippen LogP contribution in [0.25, 0.3) is 0 Å². The molecule has 1 N–H and O–H groups in total. The molecule has 2 atom stereocenters. The summed E-state index contributed by atoms with van der Waals surface area (Å²) in [4.78, 5) is 10.8. The number of rotatable bonds is 1. The molecule has 1 saturated heterocycles. The summed E-state index contributed by atoms with van der Waals surface area (Å²) in [5, 5.41) is 3.23. The fourth-order valence-electron chi connectivity index (χ4n) is 1.41. The first-order valence-corrected chi connectivity index (χ1v) is 3.45. The molecule has 0 amide bonds. The topological polar surface area (TPSA) is 29.1 Å². The molecule has 52 valence electrons. The van der Waals surface area contributed by atoms with E-state index in [2.05, 4.69) is 12.2 Å². The van der Waals surface area contributed by atoms with Gasteiger partial charge in [0.2, 0.25) is 0 Å². The van der Waals surface area contributed by atoms with Crippen LogP contribution in [0.2, 0.25) is 0 Å². The van der Waals surface area contributed by atoms with E-state index in [4.69, 9.17) is 0 Å². The molecule has 1 aliphatic rings. The molecule has 0 aromatic rings. The summed E-state index contributed by atoms with van der Waals surface area (Å²) < 4.78 is 0. The fraction of sp³-hybridized carbons (Fsp3) is 0.857. The van der Waals surface area contributed by atoms with Gasteiger partial charge in [0.25, 0.3) is 0 Å². The van der Waals surface area contributed by atoms with Crippen molar-refractivity contribution in [3.05, 3.63) is 0 Å². The minimum Gasteiger partial charge on any atom is -0.314 e. The summed E-state index contributed by atoms with van der Waals surface area (Å²) in [6.07, 6.45) is 1.02. The largest absolute Gasteiger partial charge is 0.314 e. The third-order valence-corrected chi connectivity index (χ3v) is 2.05. The van der Waals surface area contributed by atoms with Gasteiger partial charge in [-0.3, -0.25) is 4.79 Å². The lowest BCUT2D eigenvalue weighted by Crippen LogP contribution is -2.26. The van der Waals surface area contributed by atoms with Crippen LogP contribution >= 0.6 is 0 Å². The summed E-state index contributed by atoms with van der Waals surface area (Å²) >= 11 is 0. The van der Waals surface area contributed by atoms with Crippen molar-refractivity contribution in [1.82, 2.24) is 5.32 Å². The number of ketones is 1. The molecule has 1 rings (SSSR count). The molecule has 0 spiro atoms. The van der Waals surface area contributed by atoms with Gasteiger partial charge in [0.15, 0.2) is 0 Å². The van der Waals surface area contributed by atoms with E-state index in [-0.39, 0.29) is 5.92 Å². The molecule has 0 aromatic carbocycles. The average molecular weight is 127 g/mol. The van der Waals surface area contributed by atoms with Crippen LogP contribution in [0.5, 0.6) is 0 Å². The first-order chi connectivity index (χ1) is 4.22. The maximum absolute atomic E-state index is 10.8. The minimum atomic E-state index is 0.282. The number of Topliss-reactive ketones (excluding diaryl/α,β-unsaturated/α-hetero) is 1. The smallest absolute Gasteiger partial charge is 0.134 e. The Labute approximate surface area is 55.6 Å². The van der Waals surface area contributed by atoms with Crippen LogP contribution in [0.4, 0.5) is 0 Å². The second-order valence-corrected chi connectivity index (χ2v) is 2.75. The van der Waals surface area contributed by atoms with E-state index >= 15 is 0 Å². The Balaban J connectivity index is 2.49. The predicted octanol–water partition coefficient (Wildman–Crippen LogP) is 0.573. The molecule has 2 heteroatoms. The molecule has 0 radical (unpaired) electrons. The van der Waals surface area contributed by atoms with Crippen molar-refractivity contribution < 1.29 is 4.79 Å². The van der Waals surface area contributed by atoms with Gasteiger partial charge in [0.05, 0.1) is 0 Å². The zero-order chi connectivity index (χ0) is 6.85. The monoisotopic (exact) mass is 127 g/mol. The van der Waals surface area contributed by atoms with Crippen molar-refractivity contribution >= 4 is 5.78 Å². The highest BCUT2D eigenvalue weighted by atomic mass is 16.1. The Hall–Kier alpha value is -0.370. The van der Waals surface area contributed by atoms with Gasteiger partial charge in [-0.2, -0.15) is 0 Å². The molecule has 1 aliphatic heterocycles. The quantitative estimate of drug-likeness (QED) is 0.558. The number of carbonyl (C=O) groups excluding carboxylic acids is 1. The van der Waals surface area contributed by atoms with E-state index in [9.17, 15) is 4.79 Å². The van der Waals surface area contributed by atoms with Gasteiger partial charge in [0.1, 0.15) is 5.78 Å². The first kappa shape index (κ1) is 6.75. The molecule has 2 nitrogen and oxygen atoms in total. The van der Waals surface area contributed by atoms with Crippen LogP contribution < -0.4 is 5.32 Å². The van der Waals surface area contributed by atoms with Gasteiger partial charge in [-0.15, -0.1) is 0 Å². The maximum Gasteiger partial charge on any atom is 0.134 e. The second kappa shape index (κ2) is 2.48. The van der Waals surface area contributed by atoms with Crippen molar-refractivity contribution in [1.29, 1.82) is 0 Å². The minimum absolute atomic E-state index is 0.282. The Morgan fingerprint density at radius 1 is 1.67 bits per heavy atom. The zero-order valence-electron chi connectivity index (χ0n) is 5.98. The Bertz CT molecular complexity index is 122. The normalized spacial score (nSPS) is 34.9. The van der Waals surface area contributed by atoms with Crippen LogP contribution in [0.1, 0.15) is 20.3 Å². The highest BCUT2D eigenvalue weighted by molar-refractivity contribution is 5.79. The lowest BCUT2D eigenvalue weighted by molar-refractivity contribution is -0.120. The number of hydrogen-bond donors (Lipinski definition) is 1. The number of nitrogens with one attached hydrogen (secondary N) is 1. The molecule has 0 unspecified atom stereocenters. The molecule has 1 heterocycles. The Morgan fingerprint density at radius 3 is 2.56 bits per heavy atom. The summed E-state index contributed by atoms with van der Waals surface area (Å²) in [5.41, 5.74) is 0. The summed E-state index contributed by atoms with van der Waals surface area (Å²) in [6, 6.07) is 0.405. The number of carbonyl (C=O) groups is 1. The standard InChI is InChI=1S/C7H13NO/c1-5-7(6(2)9)3-4-8-5/h5,7-8H,3-4H2,1-2H3/t5-,7+/m1/s1. The third-order valence-electron chi connectivity index (χ3n) is 2.05. The van der Waals surface area contributed by atoms with Crippen molar-refractivity contribution in [2.75, 3.05) is 6.54 Å². The first-order valence-electron chi connectivity index (χ1n) is 3.45. The SMILES string of the molecule is CC(=O)[C@H]1CCN[C@@H]1C. The molecule has 9 heavy (non-hydrogen) atoms. The van der Waals surface area contributed by atoms with E-state index in [1.807, 2.05) is 0 Å². The molecule has 1 fully saturated rings. The summed E-state index contributed by atoms with van der Waals surface area (Å²) in [6.45, 7) is 4.75. The van der Waals surface area contributed by atoms with Gasteiger partial charge in [-0.05, 0) is 26.8 Å². The van der Waals surface area contributed by atoms with Gasteiger partial charge >= 0.3 is 0 Å². The van der Waals surface area contributed by atoms with E-state index in [0.717, 1.165) is 13.0 Å². The molecule has 0 bridgehead atoms. The number of hydrogen-bond acceptors (Lipinski definition) is 2.